The highest BCUT2D eigenvalue weighted by Gasteiger charge is 2.45. The van der Waals surface area contributed by atoms with E-state index in [1.165, 1.54) is 111 Å². The van der Waals surface area contributed by atoms with Gasteiger partial charge in [0.2, 0.25) is 0 Å². The van der Waals surface area contributed by atoms with Crippen LogP contribution in [0.15, 0.2) is 182 Å². The van der Waals surface area contributed by atoms with Crippen molar-refractivity contribution in [3.8, 4) is 22.3 Å². The van der Waals surface area contributed by atoms with Crippen molar-refractivity contribution in [3.05, 3.63) is 199 Å². The molecule has 0 saturated carbocycles. The van der Waals surface area contributed by atoms with Gasteiger partial charge in [-0.2, -0.15) is 0 Å². The predicted octanol–water partition coefficient (Wildman–Crippen LogP) is 14.3. The Morgan fingerprint density at radius 3 is 1.11 bits per heavy atom. The van der Waals surface area contributed by atoms with Crippen LogP contribution in [0.1, 0.15) is 58.2 Å². The number of nitrogens with zero attached hydrogens (tertiary/aromatic N) is 2. The van der Waals surface area contributed by atoms with Crippen molar-refractivity contribution >= 4 is 78.8 Å². The molecular formula is C59H51BN2. The standard InChI is InChI=1S/C59H51BN2/c1-38-30-55-57-56(31-38)62(54-35-44-25-17-15-23-42(44)33-48(54)40-20-12-9-13-21-40)52-29-27-46(59(5,6)7)37-50(52)60(57)49-36-45(58(2,3)4)26-28-51(49)61(55)53-34-43-24-16-14-22-41(43)32-47(53)39-18-10-8-11-19-39/h8-37H,1-7H3. The maximum absolute atomic E-state index is 2.61. The number of hydrogen-bond acceptors (Lipinski definition) is 2. The van der Waals surface area contributed by atoms with Gasteiger partial charge >= 0.3 is 0 Å². The summed E-state index contributed by atoms with van der Waals surface area (Å²) >= 11 is 0. The zero-order valence-electron chi connectivity index (χ0n) is 36.8. The molecule has 0 bridgehead atoms. The van der Waals surface area contributed by atoms with E-state index in [-0.39, 0.29) is 17.5 Å². The third kappa shape index (κ3) is 6.17. The summed E-state index contributed by atoms with van der Waals surface area (Å²) in [6, 6.07) is 68.7. The third-order valence-corrected chi connectivity index (χ3v) is 13.3. The molecule has 0 aromatic heterocycles. The van der Waals surface area contributed by atoms with Crippen LogP contribution in [0, 0.1) is 6.92 Å². The van der Waals surface area contributed by atoms with Crippen LogP contribution in [-0.4, -0.2) is 6.71 Å². The number of anilines is 6. The van der Waals surface area contributed by atoms with Gasteiger partial charge in [0.25, 0.3) is 6.71 Å². The summed E-state index contributed by atoms with van der Waals surface area (Å²) in [5.74, 6) is 0. The first kappa shape index (κ1) is 38.1. The molecule has 0 N–H and O–H groups in total. The van der Waals surface area contributed by atoms with E-state index in [0.717, 1.165) is 0 Å². The maximum atomic E-state index is 2.61. The van der Waals surface area contributed by atoms with E-state index in [0.29, 0.717) is 0 Å². The Labute approximate surface area is 367 Å². The first-order valence-corrected chi connectivity index (χ1v) is 22.1. The van der Waals surface area contributed by atoms with E-state index < -0.39 is 0 Å². The minimum atomic E-state index is -0.0408. The molecule has 11 rings (SSSR count). The molecule has 9 aromatic rings. The van der Waals surface area contributed by atoms with Crippen molar-refractivity contribution < 1.29 is 0 Å². The zero-order valence-corrected chi connectivity index (χ0v) is 36.8. The fourth-order valence-corrected chi connectivity index (χ4v) is 10.1. The number of benzene rings is 9. The van der Waals surface area contributed by atoms with Crippen LogP contribution in [0.3, 0.4) is 0 Å². The van der Waals surface area contributed by atoms with Gasteiger partial charge in [-0.1, -0.05) is 175 Å². The normalized spacial score (nSPS) is 13.3. The van der Waals surface area contributed by atoms with E-state index in [9.17, 15) is 0 Å². The molecule has 0 aliphatic carbocycles. The second-order valence-electron chi connectivity index (χ2n) is 19.5. The van der Waals surface area contributed by atoms with Crippen molar-refractivity contribution in [1.29, 1.82) is 0 Å². The van der Waals surface area contributed by atoms with Crippen LogP contribution >= 0.6 is 0 Å². The molecule has 0 amide bonds. The predicted molar refractivity (Wildman–Crippen MR) is 268 cm³/mol. The third-order valence-electron chi connectivity index (χ3n) is 13.3. The van der Waals surface area contributed by atoms with Gasteiger partial charge in [0, 0.05) is 33.9 Å². The SMILES string of the molecule is Cc1cc2c3c(c1)N(c1cc4ccccc4cc1-c1ccccc1)c1ccc(C(C)(C)C)cc1B3c1cc(C(C)(C)C)ccc1N2c1cc2ccccc2cc1-c1ccccc1. The Kier molecular flexibility index (Phi) is 8.67. The quantitative estimate of drug-likeness (QED) is 0.164. The van der Waals surface area contributed by atoms with Crippen LogP contribution in [0.5, 0.6) is 0 Å². The largest absolute Gasteiger partial charge is 0.311 e. The lowest BCUT2D eigenvalue weighted by Gasteiger charge is -2.45. The molecule has 2 aliphatic rings. The molecule has 0 radical (unpaired) electrons. The van der Waals surface area contributed by atoms with E-state index in [2.05, 4.69) is 240 Å². The Balaban J connectivity index is 1.29. The van der Waals surface area contributed by atoms with Gasteiger partial charge in [-0.05, 0) is 132 Å². The van der Waals surface area contributed by atoms with Gasteiger partial charge < -0.3 is 9.80 Å². The summed E-state index contributed by atoms with van der Waals surface area (Å²) in [4.78, 5) is 5.21. The van der Waals surface area contributed by atoms with Crippen LogP contribution in [-0.2, 0) is 10.8 Å². The van der Waals surface area contributed by atoms with Crippen molar-refractivity contribution in [2.24, 2.45) is 0 Å². The molecule has 9 aromatic carbocycles. The first-order chi connectivity index (χ1) is 29.9. The topological polar surface area (TPSA) is 6.48 Å². The fraction of sp³-hybridized carbons (Fsp3) is 0.153. The number of fused-ring (bicyclic) bond motifs is 6. The minimum Gasteiger partial charge on any atom is -0.311 e. The Morgan fingerprint density at radius 1 is 0.355 bits per heavy atom. The van der Waals surface area contributed by atoms with E-state index in [1.54, 1.807) is 0 Å². The van der Waals surface area contributed by atoms with E-state index in [1.807, 2.05) is 0 Å². The highest BCUT2D eigenvalue weighted by Crippen LogP contribution is 2.50. The van der Waals surface area contributed by atoms with Gasteiger partial charge in [-0.15, -0.1) is 0 Å². The van der Waals surface area contributed by atoms with E-state index in [4.69, 9.17) is 0 Å². The number of aryl methyl sites for hydroxylation is 1. The lowest BCUT2D eigenvalue weighted by atomic mass is 9.33. The van der Waals surface area contributed by atoms with Gasteiger partial charge in [-0.25, -0.2) is 0 Å². The minimum absolute atomic E-state index is 0.00367. The van der Waals surface area contributed by atoms with Gasteiger partial charge in [0.05, 0.1) is 11.4 Å². The van der Waals surface area contributed by atoms with Crippen molar-refractivity contribution in [2.75, 3.05) is 9.80 Å². The number of hydrogen-bond donors (Lipinski definition) is 0. The molecular weight excluding hydrogens is 747 g/mol. The average molecular weight is 799 g/mol. The highest BCUT2D eigenvalue weighted by molar-refractivity contribution is 7.00. The van der Waals surface area contributed by atoms with Gasteiger partial charge in [0.1, 0.15) is 0 Å². The summed E-state index contributed by atoms with van der Waals surface area (Å²) < 4.78 is 0. The van der Waals surface area contributed by atoms with Crippen molar-refractivity contribution in [1.82, 2.24) is 0 Å². The molecule has 3 heteroatoms. The molecule has 0 atom stereocenters. The van der Waals surface area contributed by atoms with Crippen LogP contribution < -0.4 is 26.2 Å². The van der Waals surface area contributed by atoms with Gasteiger partial charge in [0.15, 0.2) is 0 Å². The Morgan fingerprint density at radius 2 is 0.726 bits per heavy atom. The summed E-state index contributed by atoms with van der Waals surface area (Å²) in [5, 5.41) is 4.92. The van der Waals surface area contributed by atoms with E-state index >= 15 is 0 Å². The Bertz CT molecular complexity index is 3010. The van der Waals surface area contributed by atoms with Crippen molar-refractivity contribution in [2.45, 2.75) is 59.3 Å². The monoisotopic (exact) mass is 798 g/mol. The summed E-state index contributed by atoms with van der Waals surface area (Å²) in [5.41, 5.74) is 20.0. The maximum Gasteiger partial charge on any atom is 0.252 e. The smallest absolute Gasteiger partial charge is 0.252 e. The summed E-state index contributed by atoms with van der Waals surface area (Å²) in [6.07, 6.45) is 0. The molecule has 62 heavy (non-hydrogen) atoms. The highest BCUT2D eigenvalue weighted by atomic mass is 15.2. The molecule has 2 aliphatic heterocycles. The van der Waals surface area contributed by atoms with Gasteiger partial charge in [-0.3, -0.25) is 0 Å². The fourth-order valence-electron chi connectivity index (χ4n) is 10.1. The Hall–Kier alpha value is -6.84. The molecule has 0 fully saturated rings. The lowest BCUT2D eigenvalue weighted by Crippen LogP contribution is -2.61. The molecule has 300 valence electrons. The molecule has 0 unspecified atom stereocenters. The summed E-state index contributed by atoms with van der Waals surface area (Å²) in [7, 11) is 0. The van der Waals surface area contributed by atoms with Crippen LogP contribution in [0.2, 0.25) is 0 Å². The van der Waals surface area contributed by atoms with Crippen LogP contribution in [0.25, 0.3) is 43.8 Å². The first-order valence-electron chi connectivity index (χ1n) is 22.1. The molecule has 0 saturated heterocycles. The molecule has 2 nitrogen and oxygen atoms in total. The zero-order chi connectivity index (χ0) is 42.5. The number of rotatable bonds is 4. The van der Waals surface area contributed by atoms with Crippen LogP contribution in [0.4, 0.5) is 34.1 Å². The summed E-state index contributed by atoms with van der Waals surface area (Å²) in [6.45, 7) is 16.3. The second-order valence-corrected chi connectivity index (χ2v) is 19.5. The second kappa shape index (κ2) is 14.1. The molecule has 0 spiro atoms. The molecule has 2 heterocycles. The average Bonchev–Trinajstić information content (AvgIpc) is 3.27. The van der Waals surface area contributed by atoms with Crippen molar-refractivity contribution in [3.63, 3.8) is 0 Å². The lowest BCUT2D eigenvalue weighted by molar-refractivity contribution is 0.590.